The van der Waals surface area contributed by atoms with Crippen molar-refractivity contribution in [3.05, 3.63) is 46.2 Å². The minimum Gasteiger partial charge on any atom is -0.496 e. The van der Waals surface area contributed by atoms with Crippen molar-refractivity contribution < 1.29 is 4.74 Å². The van der Waals surface area contributed by atoms with Crippen LogP contribution in [0.3, 0.4) is 0 Å². The Morgan fingerprint density at radius 3 is 2.76 bits per heavy atom. The Kier molecular flexibility index (Phi) is 5.26. The molecule has 114 valence electrons. The highest BCUT2D eigenvalue weighted by molar-refractivity contribution is 6.30. The van der Waals surface area contributed by atoms with Gasteiger partial charge in [0.2, 0.25) is 0 Å². The van der Waals surface area contributed by atoms with Crippen molar-refractivity contribution in [3.8, 4) is 5.75 Å². The average Bonchev–Trinajstić information content (AvgIpc) is 2.78. The molecule has 2 rings (SSSR count). The predicted molar refractivity (Wildman–Crippen MR) is 86.0 cm³/mol. The fraction of sp³-hybridized carbons (Fsp3) is 0.438. The van der Waals surface area contributed by atoms with E-state index in [1.807, 2.05) is 29.1 Å². The normalized spacial score (nSPS) is 11.1. The van der Waals surface area contributed by atoms with Gasteiger partial charge in [0.05, 0.1) is 19.9 Å². The Bertz CT molecular complexity index is 608. The number of ether oxygens (including phenoxy) is 1. The van der Waals surface area contributed by atoms with Crippen LogP contribution in [0.25, 0.3) is 0 Å². The molecule has 4 nitrogen and oxygen atoms in total. The molecule has 0 atom stereocenters. The summed E-state index contributed by atoms with van der Waals surface area (Å²) >= 11 is 6.07. The largest absolute Gasteiger partial charge is 0.496 e. The van der Waals surface area contributed by atoms with Crippen molar-refractivity contribution in [2.45, 2.75) is 39.9 Å². The van der Waals surface area contributed by atoms with Crippen molar-refractivity contribution in [1.82, 2.24) is 15.1 Å². The van der Waals surface area contributed by atoms with E-state index in [2.05, 4.69) is 31.2 Å². The van der Waals surface area contributed by atoms with Crippen LogP contribution >= 0.6 is 11.6 Å². The topological polar surface area (TPSA) is 39.1 Å². The highest BCUT2D eigenvalue weighted by Crippen LogP contribution is 2.24. The van der Waals surface area contributed by atoms with Crippen LogP contribution in [0, 0.1) is 6.92 Å². The maximum Gasteiger partial charge on any atom is 0.124 e. The molecule has 0 spiro atoms. The second-order valence-corrected chi connectivity index (χ2v) is 5.84. The zero-order valence-corrected chi connectivity index (χ0v) is 13.7. The fourth-order valence-corrected chi connectivity index (χ4v) is 2.36. The lowest BCUT2D eigenvalue weighted by atomic mass is 10.2. The van der Waals surface area contributed by atoms with E-state index >= 15 is 0 Å². The Hall–Kier alpha value is -1.52. The van der Waals surface area contributed by atoms with Gasteiger partial charge in [-0.1, -0.05) is 25.4 Å². The number of hydrogen-bond donors (Lipinski definition) is 1. The fourth-order valence-electron chi connectivity index (χ4n) is 2.16. The van der Waals surface area contributed by atoms with E-state index in [4.69, 9.17) is 16.3 Å². The molecule has 0 saturated heterocycles. The zero-order chi connectivity index (χ0) is 15.4. The lowest BCUT2D eigenvalue weighted by molar-refractivity contribution is 0.407. The van der Waals surface area contributed by atoms with Crippen LogP contribution in [0.2, 0.25) is 5.02 Å². The summed E-state index contributed by atoms with van der Waals surface area (Å²) in [5.41, 5.74) is 3.40. The van der Waals surface area contributed by atoms with Crippen molar-refractivity contribution in [2.75, 3.05) is 7.11 Å². The first kappa shape index (κ1) is 15.9. The second kappa shape index (κ2) is 6.96. The standard InChI is InChI=1S/C16H22ClN3O/c1-11(2)18-8-14-9-19-20(12(14)3)10-13-7-15(17)5-6-16(13)21-4/h5-7,9,11,18H,8,10H2,1-4H3. The summed E-state index contributed by atoms with van der Waals surface area (Å²) in [5, 5.41) is 8.59. The summed E-state index contributed by atoms with van der Waals surface area (Å²) in [6.07, 6.45) is 1.92. The number of nitrogens with zero attached hydrogens (tertiary/aromatic N) is 2. The molecule has 0 aliphatic heterocycles. The first-order valence-electron chi connectivity index (χ1n) is 7.08. The van der Waals surface area contributed by atoms with E-state index in [-0.39, 0.29) is 0 Å². The van der Waals surface area contributed by atoms with Gasteiger partial charge in [-0.05, 0) is 25.1 Å². The second-order valence-electron chi connectivity index (χ2n) is 5.40. The summed E-state index contributed by atoms with van der Waals surface area (Å²) in [6.45, 7) is 7.84. The van der Waals surface area contributed by atoms with Crippen LogP contribution in [0.1, 0.15) is 30.7 Å². The van der Waals surface area contributed by atoms with E-state index in [0.717, 1.165) is 23.6 Å². The highest BCUT2D eigenvalue weighted by Gasteiger charge is 2.10. The first-order chi connectivity index (χ1) is 10.0. The van der Waals surface area contributed by atoms with Gasteiger partial charge in [0.15, 0.2) is 0 Å². The van der Waals surface area contributed by atoms with E-state index in [1.54, 1.807) is 7.11 Å². The number of aromatic nitrogens is 2. The molecule has 0 unspecified atom stereocenters. The number of hydrogen-bond acceptors (Lipinski definition) is 3. The minimum atomic E-state index is 0.459. The third-order valence-electron chi connectivity index (χ3n) is 3.47. The van der Waals surface area contributed by atoms with Gasteiger partial charge in [0.25, 0.3) is 0 Å². The van der Waals surface area contributed by atoms with Gasteiger partial charge in [-0.3, -0.25) is 4.68 Å². The molecular formula is C16H22ClN3O. The molecule has 0 aliphatic carbocycles. The van der Waals surface area contributed by atoms with Gasteiger partial charge >= 0.3 is 0 Å². The van der Waals surface area contributed by atoms with Gasteiger partial charge in [0, 0.05) is 34.4 Å². The molecule has 21 heavy (non-hydrogen) atoms. The number of benzene rings is 1. The summed E-state index contributed by atoms with van der Waals surface area (Å²) < 4.78 is 7.36. The van der Waals surface area contributed by atoms with E-state index in [0.29, 0.717) is 17.6 Å². The highest BCUT2D eigenvalue weighted by atomic mass is 35.5. The number of methoxy groups -OCH3 is 1. The Morgan fingerprint density at radius 2 is 2.10 bits per heavy atom. The molecule has 1 aromatic carbocycles. The summed E-state index contributed by atoms with van der Waals surface area (Å²) in [4.78, 5) is 0. The van der Waals surface area contributed by atoms with Crippen molar-refractivity contribution >= 4 is 11.6 Å². The molecule has 5 heteroatoms. The van der Waals surface area contributed by atoms with Crippen LogP contribution in [0.5, 0.6) is 5.75 Å². The van der Waals surface area contributed by atoms with Gasteiger partial charge in [0.1, 0.15) is 5.75 Å². The third-order valence-corrected chi connectivity index (χ3v) is 3.70. The maximum absolute atomic E-state index is 6.07. The third kappa shape index (κ3) is 3.99. The van der Waals surface area contributed by atoms with E-state index < -0.39 is 0 Å². The summed E-state index contributed by atoms with van der Waals surface area (Å²) in [7, 11) is 1.67. The van der Waals surface area contributed by atoms with Crippen LogP contribution in [-0.2, 0) is 13.1 Å². The van der Waals surface area contributed by atoms with Crippen LogP contribution in [0.15, 0.2) is 24.4 Å². The summed E-state index contributed by atoms with van der Waals surface area (Å²) in [6, 6.07) is 6.10. The van der Waals surface area contributed by atoms with Gasteiger partial charge < -0.3 is 10.1 Å². The quantitative estimate of drug-likeness (QED) is 0.889. The molecule has 0 fully saturated rings. The molecule has 1 N–H and O–H groups in total. The average molecular weight is 308 g/mol. The van der Waals surface area contributed by atoms with Crippen LogP contribution < -0.4 is 10.1 Å². The van der Waals surface area contributed by atoms with Gasteiger partial charge in [-0.15, -0.1) is 0 Å². The SMILES string of the molecule is COc1ccc(Cl)cc1Cn1ncc(CNC(C)C)c1C. The molecule has 0 amide bonds. The Morgan fingerprint density at radius 1 is 1.33 bits per heavy atom. The van der Waals surface area contributed by atoms with E-state index in [1.165, 1.54) is 5.56 Å². The van der Waals surface area contributed by atoms with Crippen LogP contribution in [0.4, 0.5) is 0 Å². The number of rotatable bonds is 6. The molecule has 0 aliphatic rings. The van der Waals surface area contributed by atoms with Crippen molar-refractivity contribution in [2.24, 2.45) is 0 Å². The molecule has 1 heterocycles. The Labute approximate surface area is 131 Å². The lowest BCUT2D eigenvalue weighted by Crippen LogP contribution is -2.22. The number of nitrogens with one attached hydrogen (secondary N) is 1. The van der Waals surface area contributed by atoms with Gasteiger partial charge in [-0.2, -0.15) is 5.10 Å². The van der Waals surface area contributed by atoms with Crippen molar-refractivity contribution in [3.63, 3.8) is 0 Å². The maximum atomic E-state index is 6.07. The zero-order valence-electron chi connectivity index (χ0n) is 13.0. The van der Waals surface area contributed by atoms with Gasteiger partial charge in [-0.25, -0.2) is 0 Å². The lowest BCUT2D eigenvalue weighted by Gasteiger charge is -2.11. The van der Waals surface area contributed by atoms with Crippen LogP contribution in [-0.4, -0.2) is 22.9 Å². The summed E-state index contributed by atoms with van der Waals surface area (Å²) in [5.74, 6) is 0.830. The smallest absolute Gasteiger partial charge is 0.124 e. The number of halogens is 1. The molecule has 0 bridgehead atoms. The van der Waals surface area contributed by atoms with E-state index in [9.17, 15) is 0 Å². The first-order valence-corrected chi connectivity index (χ1v) is 7.46. The Balaban J connectivity index is 2.19. The molecule has 1 aromatic heterocycles. The van der Waals surface area contributed by atoms with Crippen molar-refractivity contribution in [1.29, 1.82) is 0 Å². The molecule has 0 saturated carbocycles. The predicted octanol–water partition coefficient (Wildman–Crippen LogP) is 3.40. The molecular weight excluding hydrogens is 286 g/mol. The molecule has 2 aromatic rings. The minimum absolute atomic E-state index is 0.459. The molecule has 0 radical (unpaired) electrons. The monoisotopic (exact) mass is 307 g/mol.